The molecule has 2 N–H and O–H groups in total. The van der Waals surface area contributed by atoms with Crippen LogP contribution < -0.4 is 10.1 Å². The number of aliphatic hydroxyl groups excluding tert-OH is 1. The molecule has 1 fully saturated rings. The Hall–Kier alpha value is -1.09. The van der Waals surface area contributed by atoms with Gasteiger partial charge >= 0.3 is 274 Å². The molecule has 0 aromatic heterocycles. The van der Waals surface area contributed by atoms with Gasteiger partial charge in [0, 0.05) is 0 Å². The van der Waals surface area contributed by atoms with Gasteiger partial charge in [-0.1, -0.05) is 0 Å². The van der Waals surface area contributed by atoms with E-state index in [9.17, 15) is 28.5 Å². The molecule has 1 aliphatic heterocycles. The number of likely N-dealkylation sites (N-methyl/N-ethyl adjacent to an activating group) is 1. The van der Waals surface area contributed by atoms with Gasteiger partial charge in [-0.2, -0.15) is 0 Å². The van der Waals surface area contributed by atoms with E-state index in [1.807, 2.05) is 43.6 Å². The predicted molar refractivity (Wildman–Crippen MR) is 175 cm³/mol. The summed E-state index contributed by atoms with van der Waals surface area (Å²) in [5, 5.41) is 12.3. The topological polar surface area (TPSA) is 158 Å². The summed E-state index contributed by atoms with van der Waals surface area (Å²) in [6.07, 6.45) is -3.92. The van der Waals surface area contributed by atoms with Crippen molar-refractivity contribution in [3.05, 3.63) is 23.8 Å². The van der Waals surface area contributed by atoms with Crippen molar-refractivity contribution in [3.8, 4) is 5.75 Å². The van der Waals surface area contributed by atoms with Crippen LogP contribution in [0, 0.1) is 11.8 Å². The SMILES string of the molecule is [B]B=S(I)OC(=O)N(C)CC(=O)Nc1cc(CO)ccc1O[C@@H]1OC(C(=O)B(I)B=S=O)[C@@H](C)[C@H](C)C1OC(C)=O. The van der Waals surface area contributed by atoms with Crippen LogP contribution in [0.5, 0.6) is 5.75 Å². The third-order valence-electron chi connectivity index (χ3n) is 6.10. The van der Waals surface area contributed by atoms with Crippen molar-refractivity contribution in [3.63, 3.8) is 0 Å². The van der Waals surface area contributed by atoms with E-state index < -0.39 is 54.6 Å². The molecule has 41 heavy (non-hydrogen) atoms. The van der Waals surface area contributed by atoms with Crippen LogP contribution in [0.15, 0.2) is 18.2 Å². The Morgan fingerprint density at radius 3 is 2.56 bits per heavy atom. The molecule has 1 saturated heterocycles. The van der Waals surface area contributed by atoms with Gasteiger partial charge < -0.3 is 0 Å². The molecule has 1 aromatic carbocycles. The van der Waals surface area contributed by atoms with Crippen molar-refractivity contribution < 1.29 is 46.9 Å². The Kier molecular flexibility index (Phi) is 15.2. The molecule has 0 spiro atoms. The molecule has 2 radical (unpaired) electrons. The van der Waals surface area contributed by atoms with Gasteiger partial charge in [0.25, 0.3) is 0 Å². The van der Waals surface area contributed by atoms with E-state index >= 15 is 0 Å². The molecule has 1 heterocycles. The zero-order chi connectivity index (χ0) is 30.9. The minimum atomic E-state index is -1.26. The predicted octanol–water partition coefficient (Wildman–Crippen LogP) is 1.59. The molecule has 12 nitrogen and oxygen atoms in total. The molecular formula is C21H26B4I2N2O10S2. The third-order valence-corrected chi connectivity index (χ3v) is 9.88. The molecule has 2 amide bonds. The first kappa shape index (κ1) is 36.1. The summed E-state index contributed by atoms with van der Waals surface area (Å²) in [4.78, 5) is 51.1. The van der Waals surface area contributed by atoms with E-state index in [0.717, 1.165) is 4.90 Å². The first-order valence-corrected chi connectivity index (χ1v) is 17.8. The molecule has 20 heteroatoms. The summed E-state index contributed by atoms with van der Waals surface area (Å²) in [6.45, 7) is 4.09. The van der Waals surface area contributed by atoms with E-state index in [-0.39, 0.29) is 47.3 Å². The summed E-state index contributed by atoms with van der Waals surface area (Å²) < 4.78 is 33.0. The van der Waals surface area contributed by atoms with Gasteiger partial charge in [-0.15, -0.1) is 0 Å². The number of carbonyl (C=O) groups excluding carboxylic acids is 4. The average Bonchev–Trinajstić information content (AvgIpc) is 2.92. The van der Waals surface area contributed by atoms with Gasteiger partial charge in [0.15, 0.2) is 0 Å². The fraction of sp³-hybridized carbons (Fsp3) is 0.524. The van der Waals surface area contributed by atoms with E-state index in [0.29, 0.717) is 5.56 Å². The summed E-state index contributed by atoms with van der Waals surface area (Å²) >= 11 is 3.84. The molecular weight excluding hydrogens is 801 g/mol. The normalized spacial score (nSPS) is 22.3. The van der Waals surface area contributed by atoms with Crippen molar-refractivity contribution in [1.29, 1.82) is 0 Å². The summed E-state index contributed by atoms with van der Waals surface area (Å²) in [7, 11) is 5.76. The number of amides is 2. The molecule has 3 unspecified atom stereocenters. The fourth-order valence-corrected chi connectivity index (χ4v) is 5.57. The number of aliphatic hydroxyl groups is 1. The molecule has 6 atom stereocenters. The Balaban J connectivity index is 2.36. The molecule has 2 rings (SSSR count). The van der Waals surface area contributed by atoms with Gasteiger partial charge in [-0.05, 0) is 0 Å². The summed E-state index contributed by atoms with van der Waals surface area (Å²) in [6, 6.07) is 6.96. The number of carbonyl (C=O) groups is 4. The summed E-state index contributed by atoms with van der Waals surface area (Å²) in [5.74, 6) is -1.88. The first-order valence-electron chi connectivity index (χ1n) is 12.0. The number of hydrogen-bond acceptors (Lipinski definition) is 10. The van der Waals surface area contributed by atoms with E-state index in [4.69, 9.17) is 26.1 Å². The molecule has 218 valence electrons. The van der Waals surface area contributed by atoms with Crippen molar-refractivity contribution in [2.45, 2.75) is 45.9 Å². The first-order chi connectivity index (χ1) is 19.3. The monoisotopic (exact) mass is 828 g/mol. The molecule has 0 aliphatic carbocycles. The Morgan fingerprint density at radius 1 is 1.29 bits per heavy atom. The number of rotatable bonds is 11. The second kappa shape index (κ2) is 17.3. The van der Waals surface area contributed by atoms with Crippen molar-refractivity contribution in [1.82, 2.24) is 4.90 Å². The van der Waals surface area contributed by atoms with Gasteiger partial charge in [-0.25, -0.2) is 0 Å². The van der Waals surface area contributed by atoms with Crippen LogP contribution in [0.2, 0.25) is 0 Å². The van der Waals surface area contributed by atoms with Crippen molar-refractivity contribution in [2.24, 2.45) is 11.8 Å². The number of esters is 1. The van der Waals surface area contributed by atoms with Gasteiger partial charge in [-0.3, -0.25) is 0 Å². The quantitative estimate of drug-likeness (QED) is 0.191. The Bertz CT molecular complexity index is 1240. The number of anilines is 1. The van der Waals surface area contributed by atoms with E-state index in [1.165, 1.54) is 38.2 Å². The van der Waals surface area contributed by atoms with E-state index in [1.54, 1.807) is 19.9 Å². The van der Waals surface area contributed by atoms with Crippen LogP contribution in [-0.4, -0.2) is 94.2 Å². The zero-order valence-electron chi connectivity index (χ0n) is 22.5. The van der Waals surface area contributed by atoms with Crippen LogP contribution in [0.1, 0.15) is 26.3 Å². The number of nitrogens with zero attached hydrogens (tertiary/aromatic N) is 1. The Morgan fingerprint density at radius 2 is 1.98 bits per heavy atom. The maximum absolute atomic E-state index is 13.1. The van der Waals surface area contributed by atoms with Crippen molar-refractivity contribution >= 4 is 116 Å². The number of ether oxygens (including phenoxy) is 3. The van der Waals surface area contributed by atoms with Crippen LogP contribution in [0.25, 0.3) is 0 Å². The van der Waals surface area contributed by atoms with Gasteiger partial charge in [0.1, 0.15) is 0 Å². The van der Waals surface area contributed by atoms with Gasteiger partial charge in [0.05, 0.1) is 0 Å². The number of benzene rings is 1. The Labute approximate surface area is 272 Å². The van der Waals surface area contributed by atoms with Crippen LogP contribution in [-0.2, 0) is 45.7 Å². The molecule has 1 aromatic rings. The standard InChI is InChI=1S/C21H26B4I2N2O10S2/c1-10-11(2)18(36-12(3)31)20(38-17(10)19(33)25(26)24-40-35)37-15-6-5-13(9-30)7-14(15)28-16(32)8-29(4)21(34)39-41(27)23-22/h5-7,10-11,17-18,20,30H,8-9H2,1-4H3,(H,28,32)/t10-,11-,17?,18?,20+,41?/m0/s1. The van der Waals surface area contributed by atoms with Gasteiger partial charge in [0.2, 0.25) is 0 Å². The number of hydrogen-bond donors (Lipinski definition) is 2. The maximum atomic E-state index is 13.1. The molecule has 1 aliphatic rings. The number of nitrogens with one attached hydrogen (secondary N) is 1. The minimum absolute atomic E-state index is 0.0927. The van der Waals surface area contributed by atoms with Crippen LogP contribution in [0.4, 0.5) is 10.5 Å². The van der Waals surface area contributed by atoms with Crippen LogP contribution >= 0.6 is 51.4 Å². The number of halogens is 2. The summed E-state index contributed by atoms with van der Waals surface area (Å²) in [5.41, 5.74) is 0.237. The van der Waals surface area contributed by atoms with Crippen LogP contribution in [0.3, 0.4) is 0 Å². The zero-order valence-corrected chi connectivity index (χ0v) is 28.4. The third kappa shape index (κ3) is 10.5. The second-order valence-corrected chi connectivity index (χ2v) is 14.3. The average molecular weight is 828 g/mol. The second-order valence-electron chi connectivity index (χ2n) is 9.00. The molecule has 0 saturated carbocycles. The van der Waals surface area contributed by atoms with Crippen molar-refractivity contribution in [2.75, 3.05) is 18.9 Å². The molecule has 0 bridgehead atoms. The van der Waals surface area contributed by atoms with E-state index in [2.05, 4.69) is 5.32 Å². The fourth-order valence-electron chi connectivity index (χ4n) is 3.85.